The number of aromatic nitrogens is 2. The number of nitrogens with one attached hydrogen (secondary N) is 1. The van der Waals surface area contributed by atoms with Crippen molar-refractivity contribution in [1.82, 2.24) is 14.7 Å². The molecule has 30 heavy (non-hydrogen) atoms. The van der Waals surface area contributed by atoms with Crippen LogP contribution in [-0.4, -0.2) is 28.4 Å². The Bertz CT molecular complexity index is 1030. The van der Waals surface area contributed by atoms with Crippen molar-refractivity contribution in [3.63, 3.8) is 0 Å². The number of amides is 1. The first kappa shape index (κ1) is 20.7. The Balaban J connectivity index is 1.45. The molecule has 1 fully saturated rings. The molecule has 0 bridgehead atoms. The Morgan fingerprint density at radius 2 is 1.87 bits per heavy atom. The van der Waals surface area contributed by atoms with E-state index in [2.05, 4.69) is 53.3 Å². The number of rotatable bonds is 5. The highest BCUT2D eigenvalue weighted by Gasteiger charge is 2.22. The van der Waals surface area contributed by atoms with Crippen LogP contribution in [0.15, 0.2) is 42.6 Å². The molecule has 0 aliphatic carbocycles. The van der Waals surface area contributed by atoms with Gasteiger partial charge in [0, 0.05) is 42.6 Å². The lowest BCUT2D eigenvalue weighted by atomic mass is 9.91. The van der Waals surface area contributed by atoms with Crippen LogP contribution in [0, 0.1) is 11.8 Å². The third-order valence-corrected chi connectivity index (χ3v) is 6.07. The highest BCUT2D eigenvalue weighted by Crippen LogP contribution is 2.26. The van der Waals surface area contributed by atoms with Crippen molar-refractivity contribution >= 4 is 28.8 Å². The first-order valence-electron chi connectivity index (χ1n) is 10.7. The summed E-state index contributed by atoms with van der Waals surface area (Å²) in [6.45, 7) is 9.35. The van der Waals surface area contributed by atoms with Gasteiger partial charge in [-0.05, 0) is 48.4 Å². The number of fused-ring (bicyclic) bond motifs is 1. The third-order valence-electron chi connectivity index (χ3n) is 5.83. The maximum atomic E-state index is 12.9. The second-order valence-electron chi connectivity index (χ2n) is 8.53. The molecule has 4 rings (SSSR count). The maximum absolute atomic E-state index is 12.9. The second kappa shape index (κ2) is 8.68. The largest absolute Gasteiger partial charge is 0.371 e. The molecule has 0 spiro atoms. The molecule has 158 valence electrons. The molecule has 3 heterocycles. The highest BCUT2D eigenvalue weighted by molar-refractivity contribution is 6.30. The fourth-order valence-corrected chi connectivity index (χ4v) is 4.67. The number of hydrogen-bond acceptors (Lipinski definition) is 3. The van der Waals surface area contributed by atoms with Crippen molar-refractivity contribution in [2.24, 2.45) is 11.8 Å². The summed E-state index contributed by atoms with van der Waals surface area (Å²) in [6, 6.07) is 12.1. The summed E-state index contributed by atoms with van der Waals surface area (Å²) < 4.78 is 1.81. The van der Waals surface area contributed by atoms with E-state index >= 15 is 0 Å². The van der Waals surface area contributed by atoms with E-state index in [0.717, 1.165) is 36.2 Å². The molecule has 1 aliphatic rings. The van der Waals surface area contributed by atoms with Gasteiger partial charge in [0.1, 0.15) is 11.3 Å². The smallest absolute Gasteiger partial charge is 0.270 e. The van der Waals surface area contributed by atoms with E-state index in [4.69, 9.17) is 11.6 Å². The number of piperidine rings is 1. The topological polar surface area (TPSA) is 49.6 Å². The van der Waals surface area contributed by atoms with Crippen LogP contribution in [-0.2, 0) is 13.0 Å². The van der Waals surface area contributed by atoms with Crippen LogP contribution in [0.2, 0.25) is 5.02 Å². The number of benzene rings is 1. The van der Waals surface area contributed by atoms with Gasteiger partial charge in [0.05, 0.1) is 5.69 Å². The van der Waals surface area contributed by atoms with Crippen molar-refractivity contribution in [1.29, 1.82) is 0 Å². The van der Waals surface area contributed by atoms with Crippen LogP contribution in [0.4, 0.5) is 5.69 Å². The third kappa shape index (κ3) is 4.31. The molecule has 2 aromatic heterocycles. The van der Waals surface area contributed by atoms with Crippen LogP contribution in [0.1, 0.15) is 48.9 Å². The Morgan fingerprint density at radius 3 is 2.53 bits per heavy atom. The zero-order valence-electron chi connectivity index (χ0n) is 17.9. The van der Waals surface area contributed by atoms with Gasteiger partial charge < -0.3 is 10.2 Å². The number of carbonyl (C=O) groups excluding carboxylic acids is 1. The fourth-order valence-electron chi connectivity index (χ4n) is 4.52. The fraction of sp³-hybridized carbons (Fsp3) is 0.417. The van der Waals surface area contributed by atoms with E-state index in [1.165, 1.54) is 12.1 Å². The van der Waals surface area contributed by atoms with Crippen molar-refractivity contribution in [3.05, 3.63) is 64.6 Å². The normalized spacial score (nSPS) is 19.3. The lowest BCUT2D eigenvalue weighted by Crippen LogP contribution is -2.38. The number of halogens is 1. The molecule has 5 nitrogen and oxygen atoms in total. The van der Waals surface area contributed by atoms with Crippen LogP contribution in [0.3, 0.4) is 0 Å². The highest BCUT2D eigenvalue weighted by atomic mass is 35.5. The van der Waals surface area contributed by atoms with E-state index in [1.807, 2.05) is 11.3 Å². The Morgan fingerprint density at radius 1 is 1.17 bits per heavy atom. The van der Waals surface area contributed by atoms with Crippen molar-refractivity contribution < 1.29 is 4.79 Å². The number of anilines is 1. The zero-order valence-corrected chi connectivity index (χ0v) is 18.6. The van der Waals surface area contributed by atoms with Gasteiger partial charge in [-0.3, -0.25) is 9.20 Å². The minimum Gasteiger partial charge on any atom is -0.371 e. The van der Waals surface area contributed by atoms with E-state index in [0.29, 0.717) is 29.3 Å². The Labute approximate surface area is 183 Å². The van der Waals surface area contributed by atoms with Crippen LogP contribution < -0.4 is 10.2 Å². The maximum Gasteiger partial charge on any atom is 0.270 e. The van der Waals surface area contributed by atoms with Crippen molar-refractivity contribution in [2.45, 2.75) is 40.2 Å². The van der Waals surface area contributed by atoms with Gasteiger partial charge in [-0.15, -0.1) is 0 Å². The van der Waals surface area contributed by atoms with E-state index in [9.17, 15) is 4.79 Å². The molecule has 1 aliphatic heterocycles. The van der Waals surface area contributed by atoms with Gasteiger partial charge in [-0.1, -0.05) is 44.5 Å². The number of carbonyl (C=O) groups is 1. The summed E-state index contributed by atoms with van der Waals surface area (Å²) in [5, 5.41) is 3.66. The summed E-state index contributed by atoms with van der Waals surface area (Å²) in [4.78, 5) is 20.0. The van der Waals surface area contributed by atoms with Crippen molar-refractivity contribution in [2.75, 3.05) is 18.0 Å². The molecule has 2 unspecified atom stereocenters. The van der Waals surface area contributed by atoms with Gasteiger partial charge in [-0.2, -0.15) is 0 Å². The molecule has 6 heteroatoms. The summed E-state index contributed by atoms with van der Waals surface area (Å²) in [5.41, 5.74) is 4.39. The molecule has 1 aromatic carbocycles. The molecule has 1 N–H and O–H groups in total. The molecule has 0 saturated carbocycles. The van der Waals surface area contributed by atoms with E-state index < -0.39 is 0 Å². The average Bonchev–Trinajstić information content (AvgIpc) is 3.09. The summed E-state index contributed by atoms with van der Waals surface area (Å²) in [6.07, 6.45) is 3.79. The lowest BCUT2D eigenvalue weighted by Gasteiger charge is -2.36. The van der Waals surface area contributed by atoms with E-state index in [-0.39, 0.29) is 5.91 Å². The molecule has 3 aromatic rings. The summed E-state index contributed by atoms with van der Waals surface area (Å²) in [5.74, 6) is 1.33. The minimum atomic E-state index is -0.121. The molecule has 1 saturated heterocycles. The molecular formula is C24H29ClN4O. The monoisotopic (exact) mass is 424 g/mol. The predicted molar refractivity (Wildman–Crippen MR) is 122 cm³/mol. The van der Waals surface area contributed by atoms with Crippen molar-refractivity contribution in [3.8, 4) is 0 Å². The molecule has 1 amide bonds. The predicted octanol–water partition coefficient (Wildman–Crippen LogP) is 4.96. The molecular weight excluding hydrogens is 396 g/mol. The van der Waals surface area contributed by atoms with Gasteiger partial charge in [0.25, 0.3) is 5.91 Å². The first-order valence-corrected chi connectivity index (χ1v) is 11.1. The standard InChI is InChI=1S/C24H29ClN4O/c1-4-21-23(29-10-9-19(25)12-22(29)27-21)24(30)26-13-18-5-7-20(8-6-18)28-14-16(2)11-17(3)15-28/h5-10,12,16-17H,4,11,13-15H2,1-3H3,(H,26,30). The average molecular weight is 425 g/mol. The van der Waals surface area contributed by atoms with Gasteiger partial charge in [0.2, 0.25) is 0 Å². The molecule has 0 radical (unpaired) electrons. The number of hydrogen-bond donors (Lipinski definition) is 1. The Kier molecular flexibility index (Phi) is 6.00. The Hall–Kier alpha value is -2.53. The quantitative estimate of drug-likeness (QED) is 0.629. The van der Waals surface area contributed by atoms with Gasteiger partial charge in [-0.25, -0.2) is 4.98 Å². The first-order chi connectivity index (χ1) is 14.4. The lowest BCUT2D eigenvalue weighted by molar-refractivity contribution is 0.0944. The summed E-state index contributed by atoms with van der Waals surface area (Å²) >= 11 is 6.07. The van der Waals surface area contributed by atoms with Crippen LogP contribution in [0.5, 0.6) is 0 Å². The zero-order chi connectivity index (χ0) is 21.3. The van der Waals surface area contributed by atoms with Gasteiger partial charge in [0.15, 0.2) is 0 Å². The summed E-state index contributed by atoms with van der Waals surface area (Å²) in [7, 11) is 0. The van der Waals surface area contributed by atoms with Gasteiger partial charge >= 0.3 is 0 Å². The SMILES string of the molecule is CCc1nc2cc(Cl)ccn2c1C(=O)NCc1ccc(N2CC(C)CC(C)C2)cc1. The molecule has 2 atom stereocenters. The minimum absolute atomic E-state index is 0.121. The second-order valence-corrected chi connectivity index (χ2v) is 8.97. The van der Waals surface area contributed by atoms with E-state index in [1.54, 1.807) is 18.3 Å². The van der Waals surface area contributed by atoms with Crippen LogP contribution in [0.25, 0.3) is 5.65 Å². The number of aryl methyl sites for hydroxylation is 1. The number of pyridine rings is 1. The number of imidazole rings is 1. The number of nitrogens with zero attached hydrogens (tertiary/aromatic N) is 3. The van der Waals surface area contributed by atoms with Crippen LogP contribution >= 0.6 is 11.6 Å².